The lowest BCUT2D eigenvalue weighted by molar-refractivity contribution is 0.482. The molecule has 1 rings (SSSR count). The van der Waals surface area contributed by atoms with E-state index in [0.29, 0.717) is 6.42 Å². The van der Waals surface area contributed by atoms with Crippen molar-refractivity contribution in [2.24, 2.45) is 5.73 Å². The first-order valence-corrected chi connectivity index (χ1v) is 7.55. The second-order valence-electron chi connectivity index (χ2n) is 4.32. The van der Waals surface area contributed by atoms with Crippen molar-refractivity contribution in [3.8, 4) is 0 Å². The van der Waals surface area contributed by atoms with Gasteiger partial charge in [0.2, 0.25) is 0 Å². The van der Waals surface area contributed by atoms with Gasteiger partial charge >= 0.3 is 0 Å². The molecule has 1 aromatic rings. The van der Waals surface area contributed by atoms with Crippen molar-refractivity contribution >= 4 is 21.2 Å². The van der Waals surface area contributed by atoms with E-state index < -0.39 is 14.6 Å². The predicted molar refractivity (Wildman–Crippen MR) is 64.9 cm³/mol. The van der Waals surface area contributed by atoms with Gasteiger partial charge in [-0.15, -0.1) is 0 Å². The summed E-state index contributed by atoms with van der Waals surface area (Å²) in [5.74, 6) is 0. The van der Waals surface area contributed by atoms with Gasteiger partial charge in [0, 0.05) is 12.3 Å². The minimum atomic E-state index is -3.13. The Morgan fingerprint density at radius 2 is 2.13 bits per heavy atom. The van der Waals surface area contributed by atoms with E-state index >= 15 is 0 Å². The number of thiophene rings is 1. The van der Waals surface area contributed by atoms with Gasteiger partial charge in [-0.25, -0.2) is 8.42 Å². The van der Waals surface area contributed by atoms with E-state index in [-0.39, 0.29) is 6.04 Å². The zero-order valence-electron chi connectivity index (χ0n) is 9.23. The van der Waals surface area contributed by atoms with Gasteiger partial charge in [-0.1, -0.05) is 0 Å². The van der Waals surface area contributed by atoms with Gasteiger partial charge in [-0.2, -0.15) is 11.3 Å². The molecule has 0 aliphatic heterocycles. The van der Waals surface area contributed by atoms with Crippen LogP contribution in [0.4, 0.5) is 0 Å². The Kier molecular flexibility index (Phi) is 3.58. The highest BCUT2D eigenvalue weighted by atomic mass is 32.2. The summed E-state index contributed by atoms with van der Waals surface area (Å²) >= 11 is 1.59. The molecule has 0 aromatic carbocycles. The standard InChI is InChI=1S/C10H17NO2S2/c1-10(2,15(3,12)13)9(11)6-8-4-5-14-7-8/h4-5,7,9H,6,11H2,1-3H3. The van der Waals surface area contributed by atoms with Crippen LogP contribution < -0.4 is 5.73 Å². The molecule has 0 saturated carbocycles. The molecule has 1 unspecified atom stereocenters. The summed E-state index contributed by atoms with van der Waals surface area (Å²) in [6.45, 7) is 3.36. The fourth-order valence-corrected chi connectivity index (χ4v) is 2.50. The molecule has 3 nitrogen and oxygen atoms in total. The van der Waals surface area contributed by atoms with Crippen LogP contribution in [0.5, 0.6) is 0 Å². The third kappa shape index (κ3) is 2.80. The summed E-state index contributed by atoms with van der Waals surface area (Å²) in [5, 5.41) is 3.97. The fraction of sp³-hybridized carbons (Fsp3) is 0.600. The average molecular weight is 247 g/mol. The van der Waals surface area contributed by atoms with E-state index in [1.165, 1.54) is 6.26 Å². The molecule has 1 aromatic heterocycles. The second kappa shape index (κ2) is 4.23. The normalized spacial score (nSPS) is 15.2. The Hall–Kier alpha value is -0.390. The lowest BCUT2D eigenvalue weighted by atomic mass is 9.98. The molecular formula is C10H17NO2S2. The van der Waals surface area contributed by atoms with Crippen molar-refractivity contribution in [3.63, 3.8) is 0 Å². The second-order valence-corrected chi connectivity index (χ2v) is 7.69. The average Bonchev–Trinajstić information content (AvgIpc) is 2.54. The van der Waals surface area contributed by atoms with Gasteiger partial charge in [-0.3, -0.25) is 0 Å². The van der Waals surface area contributed by atoms with Crippen LogP contribution in [0.25, 0.3) is 0 Å². The van der Waals surface area contributed by atoms with Gasteiger partial charge in [0.15, 0.2) is 9.84 Å². The Morgan fingerprint density at radius 1 is 1.53 bits per heavy atom. The number of nitrogens with two attached hydrogens (primary N) is 1. The molecule has 2 N–H and O–H groups in total. The number of hydrogen-bond donors (Lipinski definition) is 1. The molecule has 1 atom stereocenters. The van der Waals surface area contributed by atoms with Crippen molar-refractivity contribution in [2.45, 2.75) is 31.1 Å². The van der Waals surface area contributed by atoms with Gasteiger partial charge in [-0.05, 0) is 42.7 Å². The van der Waals surface area contributed by atoms with Crippen molar-refractivity contribution in [1.82, 2.24) is 0 Å². The van der Waals surface area contributed by atoms with Gasteiger partial charge < -0.3 is 5.73 Å². The number of sulfone groups is 1. The highest BCUT2D eigenvalue weighted by Gasteiger charge is 2.36. The first-order chi connectivity index (χ1) is 6.75. The van der Waals surface area contributed by atoms with Crippen molar-refractivity contribution < 1.29 is 8.42 Å². The predicted octanol–water partition coefficient (Wildman–Crippen LogP) is 1.44. The molecule has 86 valence electrons. The smallest absolute Gasteiger partial charge is 0.154 e. The largest absolute Gasteiger partial charge is 0.326 e. The van der Waals surface area contributed by atoms with Crippen LogP contribution in [0, 0.1) is 0 Å². The maximum absolute atomic E-state index is 11.5. The molecule has 0 bridgehead atoms. The quantitative estimate of drug-likeness (QED) is 0.876. The summed E-state index contributed by atoms with van der Waals surface area (Å²) in [6, 6.07) is 1.60. The molecule has 0 amide bonds. The van der Waals surface area contributed by atoms with E-state index in [9.17, 15) is 8.42 Å². The van der Waals surface area contributed by atoms with Crippen LogP contribution in [-0.2, 0) is 16.3 Å². The molecule has 0 aliphatic rings. The van der Waals surface area contributed by atoms with E-state index in [1.54, 1.807) is 25.2 Å². The molecule has 15 heavy (non-hydrogen) atoms. The monoisotopic (exact) mass is 247 g/mol. The molecular weight excluding hydrogens is 230 g/mol. The van der Waals surface area contributed by atoms with Gasteiger partial charge in [0.1, 0.15) is 0 Å². The van der Waals surface area contributed by atoms with E-state index in [2.05, 4.69) is 0 Å². The van der Waals surface area contributed by atoms with Gasteiger partial charge in [0.25, 0.3) is 0 Å². The number of rotatable bonds is 4. The summed E-state index contributed by atoms with van der Waals surface area (Å²) in [5.41, 5.74) is 7.06. The Bertz CT molecular complexity index is 407. The first kappa shape index (κ1) is 12.7. The van der Waals surface area contributed by atoms with Crippen molar-refractivity contribution in [2.75, 3.05) is 6.26 Å². The minimum absolute atomic E-state index is 0.373. The summed E-state index contributed by atoms with van der Waals surface area (Å²) < 4.78 is 22.2. The maximum atomic E-state index is 11.5. The Morgan fingerprint density at radius 3 is 2.53 bits per heavy atom. The van der Waals surface area contributed by atoms with Crippen LogP contribution in [0.15, 0.2) is 16.8 Å². The molecule has 0 radical (unpaired) electrons. The summed E-state index contributed by atoms with van der Waals surface area (Å²) in [7, 11) is -3.13. The van der Waals surface area contributed by atoms with Crippen LogP contribution in [0.1, 0.15) is 19.4 Å². The van der Waals surface area contributed by atoms with Crippen molar-refractivity contribution in [1.29, 1.82) is 0 Å². The minimum Gasteiger partial charge on any atom is -0.326 e. The number of hydrogen-bond acceptors (Lipinski definition) is 4. The molecule has 1 heterocycles. The third-order valence-corrected chi connectivity index (χ3v) is 5.83. The highest BCUT2D eigenvalue weighted by Crippen LogP contribution is 2.22. The van der Waals surface area contributed by atoms with Crippen LogP contribution in [0.2, 0.25) is 0 Å². The fourth-order valence-electron chi connectivity index (χ4n) is 1.18. The molecule has 5 heteroatoms. The zero-order chi connectivity index (χ0) is 11.7. The van der Waals surface area contributed by atoms with Crippen LogP contribution in [0.3, 0.4) is 0 Å². The third-order valence-electron chi connectivity index (χ3n) is 2.88. The molecule has 0 spiro atoms. The Balaban J connectivity index is 2.81. The lowest BCUT2D eigenvalue weighted by Crippen LogP contribution is -2.49. The molecule has 0 fully saturated rings. The highest BCUT2D eigenvalue weighted by molar-refractivity contribution is 7.92. The first-order valence-electron chi connectivity index (χ1n) is 4.71. The van der Waals surface area contributed by atoms with Crippen LogP contribution in [-0.4, -0.2) is 25.5 Å². The molecule has 0 saturated heterocycles. The lowest BCUT2D eigenvalue weighted by Gasteiger charge is -2.29. The summed E-state index contributed by atoms with van der Waals surface area (Å²) in [4.78, 5) is 0. The topological polar surface area (TPSA) is 60.2 Å². The Labute approximate surface area is 95.2 Å². The van der Waals surface area contributed by atoms with E-state index in [4.69, 9.17) is 5.73 Å². The van der Waals surface area contributed by atoms with E-state index in [0.717, 1.165) is 5.56 Å². The zero-order valence-corrected chi connectivity index (χ0v) is 10.9. The maximum Gasteiger partial charge on any atom is 0.154 e. The SMILES string of the molecule is CC(C)(C(N)Cc1ccsc1)S(C)(=O)=O. The molecule has 0 aliphatic carbocycles. The van der Waals surface area contributed by atoms with Gasteiger partial charge in [0.05, 0.1) is 4.75 Å². The van der Waals surface area contributed by atoms with Crippen molar-refractivity contribution in [3.05, 3.63) is 22.4 Å². The van der Waals surface area contributed by atoms with Crippen LogP contribution >= 0.6 is 11.3 Å². The van der Waals surface area contributed by atoms with E-state index in [1.807, 2.05) is 16.8 Å². The summed E-state index contributed by atoms with van der Waals surface area (Å²) in [6.07, 6.45) is 1.84.